The topological polar surface area (TPSA) is 65.2 Å². The Morgan fingerprint density at radius 3 is 1.39 bits per heavy atom. The minimum absolute atomic E-state index is 0.00702. The van der Waals surface area contributed by atoms with Crippen molar-refractivity contribution >= 4 is 35.6 Å². The van der Waals surface area contributed by atoms with E-state index in [0.717, 1.165) is 47.9 Å². The van der Waals surface area contributed by atoms with E-state index in [4.69, 9.17) is 33.2 Å². The SMILES string of the molecule is CC(C)(C)c1cc(CCl)cc(C=NC2CCCCC2N=Cc2cc(CCl)cc(C(C)(C)C)c2O)c1O. The largest absolute Gasteiger partial charge is 0.507 e. The van der Waals surface area contributed by atoms with E-state index in [1.54, 1.807) is 12.4 Å². The average molecular weight is 532 g/mol. The third-order valence-corrected chi connectivity index (χ3v) is 7.44. The molecule has 2 atom stereocenters. The number of phenolic OH excluding ortho intramolecular Hbond substituents is 2. The van der Waals surface area contributed by atoms with E-state index in [0.29, 0.717) is 22.9 Å². The van der Waals surface area contributed by atoms with E-state index in [1.807, 2.05) is 24.3 Å². The van der Waals surface area contributed by atoms with Gasteiger partial charge >= 0.3 is 0 Å². The van der Waals surface area contributed by atoms with Crippen LogP contribution in [-0.4, -0.2) is 34.7 Å². The summed E-state index contributed by atoms with van der Waals surface area (Å²) in [5.74, 6) is 1.27. The van der Waals surface area contributed by atoms with Crippen LogP contribution in [0.2, 0.25) is 0 Å². The molecule has 196 valence electrons. The Morgan fingerprint density at radius 2 is 1.08 bits per heavy atom. The molecule has 2 unspecified atom stereocenters. The summed E-state index contributed by atoms with van der Waals surface area (Å²) in [6.07, 6.45) is 7.61. The molecule has 6 heteroatoms. The van der Waals surface area contributed by atoms with Gasteiger partial charge in [-0.2, -0.15) is 0 Å². The van der Waals surface area contributed by atoms with Crippen LogP contribution < -0.4 is 0 Å². The smallest absolute Gasteiger partial charge is 0.128 e. The number of nitrogens with zero attached hydrogens (tertiary/aromatic N) is 2. The van der Waals surface area contributed by atoms with Crippen LogP contribution in [0.25, 0.3) is 0 Å². The van der Waals surface area contributed by atoms with Crippen molar-refractivity contribution in [1.82, 2.24) is 0 Å². The Hall–Kier alpha value is -2.04. The van der Waals surface area contributed by atoms with Crippen molar-refractivity contribution in [1.29, 1.82) is 0 Å². The van der Waals surface area contributed by atoms with Crippen LogP contribution in [0, 0.1) is 0 Å². The van der Waals surface area contributed by atoms with Crippen molar-refractivity contribution < 1.29 is 10.2 Å². The molecule has 4 nitrogen and oxygen atoms in total. The summed E-state index contributed by atoms with van der Waals surface area (Å²) in [7, 11) is 0. The molecule has 0 bridgehead atoms. The third kappa shape index (κ3) is 6.83. The Bertz CT molecular complexity index is 1040. The fourth-order valence-electron chi connectivity index (χ4n) is 4.72. The molecule has 0 aromatic heterocycles. The molecular formula is C30H40Cl2N2O2. The van der Waals surface area contributed by atoms with Gasteiger partial charge in [-0.1, -0.05) is 66.5 Å². The van der Waals surface area contributed by atoms with Crippen molar-refractivity contribution in [2.75, 3.05) is 0 Å². The zero-order chi connectivity index (χ0) is 26.7. The highest BCUT2D eigenvalue weighted by Gasteiger charge is 2.25. The molecule has 0 spiro atoms. The number of phenols is 2. The van der Waals surface area contributed by atoms with E-state index in [2.05, 4.69) is 41.5 Å². The molecule has 3 rings (SSSR count). The maximum Gasteiger partial charge on any atom is 0.128 e. The minimum atomic E-state index is -0.210. The minimum Gasteiger partial charge on any atom is -0.507 e. The first kappa shape index (κ1) is 28.5. The van der Waals surface area contributed by atoms with Gasteiger partial charge in [0.05, 0.1) is 12.1 Å². The Morgan fingerprint density at radius 1 is 0.722 bits per heavy atom. The zero-order valence-corrected chi connectivity index (χ0v) is 23.9. The number of hydrogen-bond donors (Lipinski definition) is 2. The number of benzene rings is 2. The fraction of sp³-hybridized carbons (Fsp3) is 0.533. The summed E-state index contributed by atoms with van der Waals surface area (Å²) >= 11 is 12.3. The van der Waals surface area contributed by atoms with Crippen molar-refractivity contribution in [2.45, 2.75) is 102 Å². The van der Waals surface area contributed by atoms with Gasteiger partial charge in [-0.25, -0.2) is 0 Å². The third-order valence-electron chi connectivity index (χ3n) is 6.83. The summed E-state index contributed by atoms with van der Waals surface area (Å²) < 4.78 is 0. The van der Waals surface area contributed by atoms with Gasteiger partial charge in [0.2, 0.25) is 0 Å². The highest BCUT2D eigenvalue weighted by Crippen LogP contribution is 2.36. The second-order valence-corrected chi connectivity index (χ2v) is 12.4. The van der Waals surface area contributed by atoms with Crippen LogP contribution in [0.5, 0.6) is 11.5 Å². The van der Waals surface area contributed by atoms with Crippen molar-refractivity contribution in [3.8, 4) is 11.5 Å². The van der Waals surface area contributed by atoms with Gasteiger partial charge < -0.3 is 10.2 Å². The maximum atomic E-state index is 11.0. The van der Waals surface area contributed by atoms with E-state index in [1.165, 1.54) is 0 Å². The number of halogens is 2. The molecule has 0 aliphatic heterocycles. The lowest BCUT2D eigenvalue weighted by Gasteiger charge is -2.26. The second-order valence-electron chi connectivity index (χ2n) is 11.9. The second kappa shape index (κ2) is 11.6. The van der Waals surface area contributed by atoms with Gasteiger partial charge in [-0.3, -0.25) is 9.98 Å². The van der Waals surface area contributed by atoms with Crippen LogP contribution in [0.4, 0.5) is 0 Å². The molecule has 36 heavy (non-hydrogen) atoms. The predicted octanol–water partition coefficient (Wildman–Crippen LogP) is 8.02. The highest BCUT2D eigenvalue weighted by molar-refractivity contribution is 6.17. The molecule has 1 fully saturated rings. The molecule has 0 radical (unpaired) electrons. The quantitative estimate of drug-likeness (QED) is 0.293. The van der Waals surface area contributed by atoms with Crippen LogP contribution in [-0.2, 0) is 22.6 Å². The normalized spacial score (nSPS) is 19.4. The Kier molecular flexibility index (Phi) is 9.16. The summed E-state index contributed by atoms with van der Waals surface area (Å²) in [5, 5.41) is 21.9. The van der Waals surface area contributed by atoms with Crippen molar-refractivity contribution in [3.05, 3.63) is 57.6 Å². The van der Waals surface area contributed by atoms with Gasteiger partial charge in [0.15, 0.2) is 0 Å². The van der Waals surface area contributed by atoms with E-state index >= 15 is 0 Å². The van der Waals surface area contributed by atoms with Gasteiger partial charge in [0, 0.05) is 46.4 Å². The summed E-state index contributed by atoms with van der Waals surface area (Å²) in [6.45, 7) is 12.5. The molecule has 1 aliphatic rings. The molecule has 1 saturated carbocycles. The molecule has 2 N–H and O–H groups in total. The first-order valence-corrected chi connectivity index (χ1v) is 13.8. The van der Waals surface area contributed by atoms with Crippen molar-refractivity contribution in [2.24, 2.45) is 9.98 Å². The van der Waals surface area contributed by atoms with Crippen LogP contribution in [0.1, 0.15) is 101 Å². The van der Waals surface area contributed by atoms with E-state index in [-0.39, 0.29) is 34.4 Å². The summed E-state index contributed by atoms with van der Waals surface area (Å²) in [6, 6.07) is 7.78. The zero-order valence-electron chi connectivity index (χ0n) is 22.4. The Balaban J connectivity index is 1.92. The first-order chi connectivity index (χ1) is 16.8. The number of hydrogen-bond acceptors (Lipinski definition) is 4. The molecule has 1 aliphatic carbocycles. The maximum absolute atomic E-state index is 11.0. The molecule has 0 saturated heterocycles. The lowest BCUT2D eigenvalue weighted by atomic mass is 9.84. The first-order valence-electron chi connectivity index (χ1n) is 12.8. The molecule has 2 aromatic carbocycles. The monoisotopic (exact) mass is 530 g/mol. The molecule has 0 heterocycles. The highest BCUT2D eigenvalue weighted by atomic mass is 35.5. The van der Waals surface area contributed by atoms with Crippen molar-refractivity contribution in [3.63, 3.8) is 0 Å². The van der Waals surface area contributed by atoms with Gasteiger partial charge in [0.1, 0.15) is 11.5 Å². The van der Waals surface area contributed by atoms with Gasteiger partial charge in [-0.05, 0) is 46.9 Å². The molecule has 0 amide bonds. The van der Waals surface area contributed by atoms with Crippen LogP contribution in [0.15, 0.2) is 34.3 Å². The van der Waals surface area contributed by atoms with E-state index in [9.17, 15) is 10.2 Å². The standard InChI is InChI=1S/C30H40Cl2N2O2/c1-29(2,3)23-13-19(15-31)11-21(27(23)35)17-33-25-9-7-8-10-26(25)34-18-22-12-20(16-32)14-24(28(22)36)30(4,5)6/h11-14,17-18,25-26,35-36H,7-10,15-16H2,1-6H3. The predicted molar refractivity (Wildman–Crippen MR) is 154 cm³/mol. The number of rotatable bonds is 6. The molecular weight excluding hydrogens is 491 g/mol. The average Bonchev–Trinajstić information content (AvgIpc) is 2.81. The number of alkyl halides is 2. The Labute approximate surface area is 226 Å². The number of aliphatic imine (C=N–C) groups is 2. The van der Waals surface area contributed by atoms with Crippen LogP contribution in [0.3, 0.4) is 0 Å². The lowest BCUT2D eigenvalue weighted by Crippen LogP contribution is -2.27. The summed E-state index contributed by atoms with van der Waals surface area (Å²) in [5.41, 5.74) is 4.61. The summed E-state index contributed by atoms with van der Waals surface area (Å²) in [4.78, 5) is 9.79. The molecule has 2 aromatic rings. The van der Waals surface area contributed by atoms with E-state index < -0.39 is 0 Å². The van der Waals surface area contributed by atoms with Gasteiger partial charge in [0.25, 0.3) is 0 Å². The fourth-order valence-corrected chi connectivity index (χ4v) is 5.03. The lowest BCUT2D eigenvalue weighted by molar-refractivity contribution is 0.390. The number of aromatic hydroxyl groups is 2. The van der Waals surface area contributed by atoms with Crippen LogP contribution >= 0.6 is 23.2 Å². The van der Waals surface area contributed by atoms with Gasteiger partial charge in [-0.15, -0.1) is 23.2 Å².